The molecule has 0 radical (unpaired) electrons. The standard InChI is InChI=1S/C39H49FN2O4/c1-10-11-32-34(29-14-18-31(19-15-29)44-25-20-28-12-16-30(40)17-13-28)35(42-23-21-39(8,9)22-24-42)33(27(4)41-32)36(46-38(5,6)7)37(43)45-26(2)3/h12-19,26,36H,20-25H2,1-9H3/t36-/m0/s1. The Bertz CT molecular complexity index is 1550. The van der Waals surface area contributed by atoms with E-state index in [1.54, 1.807) is 19.1 Å². The van der Waals surface area contributed by atoms with E-state index in [-0.39, 0.29) is 17.3 Å². The Morgan fingerprint density at radius 2 is 1.67 bits per heavy atom. The van der Waals surface area contributed by atoms with Crippen molar-refractivity contribution in [2.75, 3.05) is 24.6 Å². The molecule has 1 aliphatic heterocycles. The van der Waals surface area contributed by atoms with E-state index in [0.29, 0.717) is 24.4 Å². The van der Waals surface area contributed by atoms with Gasteiger partial charge in [0.15, 0.2) is 6.10 Å². The minimum atomic E-state index is -0.976. The van der Waals surface area contributed by atoms with Crippen LogP contribution in [0, 0.1) is 30.0 Å². The Labute approximate surface area is 274 Å². The molecule has 46 heavy (non-hydrogen) atoms. The Morgan fingerprint density at radius 1 is 1.04 bits per heavy atom. The molecular weight excluding hydrogens is 579 g/mol. The van der Waals surface area contributed by atoms with Crippen LogP contribution in [-0.2, 0) is 20.7 Å². The number of carbonyl (C=O) groups is 1. The highest BCUT2D eigenvalue weighted by molar-refractivity contribution is 5.90. The van der Waals surface area contributed by atoms with Crippen LogP contribution in [0.25, 0.3) is 11.1 Å². The first-order valence-corrected chi connectivity index (χ1v) is 16.3. The van der Waals surface area contributed by atoms with Crippen molar-refractivity contribution in [3.05, 3.63) is 76.9 Å². The van der Waals surface area contributed by atoms with Gasteiger partial charge in [-0.15, -0.1) is 0 Å². The summed E-state index contributed by atoms with van der Waals surface area (Å²) in [4.78, 5) is 21.2. The van der Waals surface area contributed by atoms with Gasteiger partial charge < -0.3 is 19.1 Å². The van der Waals surface area contributed by atoms with Gasteiger partial charge in [0.25, 0.3) is 0 Å². The largest absolute Gasteiger partial charge is 0.493 e. The number of esters is 1. The summed E-state index contributed by atoms with van der Waals surface area (Å²) >= 11 is 0. The van der Waals surface area contributed by atoms with Gasteiger partial charge in [0.1, 0.15) is 17.3 Å². The predicted octanol–water partition coefficient (Wildman–Crippen LogP) is 8.62. The molecule has 7 heteroatoms. The number of carbonyl (C=O) groups excluding carboxylic acids is 1. The van der Waals surface area contributed by atoms with Crippen LogP contribution in [0.15, 0.2) is 48.5 Å². The molecule has 2 heterocycles. The van der Waals surface area contributed by atoms with Crippen molar-refractivity contribution in [1.29, 1.82) is 0 Å². The number of rotatable bonds is 10. The highest BCUT2D eigenvalue weighted by Crippen LogP contribution is 2.45. The van der Waals surface area contributed by atoms with Crippen LogP contribution in [0.2, 0.25) is 0 Å². The molecule has 0 amide bonds. The van der Waals surface area contributed by atoms with E-state index in [1.807, 2.05) is 65.8 Å². The summed E-state index contributed by atoms with van der Waals surface area (Å²) in [5.41, 5.74) is 5.38. The van der Waals surface area contributed by atoms with Crippen molar-refractivity contribution in [1.82, 2.24) is 4.98 Å². The Kier molecular flexibility index (Phi) is 11.2. The zero-order valence-electron chi connectivity index (χ0n) is 28.9. The van der Waals surface area contributed by atoms with Crippen molar-refractivity contribution in [2.45, 2.75) is 99.4 Å². The molecule has 0 saturated carbocycles. The number of anilines is 1. The summed E-state index contributed by atoms with van der Waals surface area (Å²) < 4.78 is 31.6. The van der Waals surface area contributed by atoms with E-state index in [1.165, 1.54) is 12.1 Å². The van der Waals surface area contributed by atoms with Crippen LogP contribution in [0.4, 0.5) is 10.1 Å². The van der Waals surface area contributed by atoms with Gasteiger partial charge in [-0.25, -0.2) is 14.2 Å². The van der Waals surface area contributed by atoms with Crippen molar-refractivity contribution in [3.8, 4) is 28.7 Å². The zero-order chi connectivity index (χ0) is 33.6. The van der Waals surface area contributed by atoms with Crippen molar-refractivity contribution >= 4 is 11.7 Å². The van der Waals surface area contributed by atoms with Crippen LogP contribution in [0.5, 0.6) is 5.75 Å². The quantitative estimate of drug-likeness (QED) is 0.166. The molecule has 1 atom stereocenters. The number of aromatic nitrogens is 1. The van der Waals surface area contributed by atoms with Gasteiger partial charge in [0, 0.05) is 36.3 Å². The second-order valence-electron chi connectivity index (χ2n) is 14.1. The fourth-order valence-corrected chi connectivity index (χ4v) is 5.69. The van der Waals surface area contributed by atoms with E-state index in [4.69, 9.17) is 19.2 Å². The van der Waals surface area contributed by atoms with Gasteiger partial charge >= 0.3 is 5.97 Å². The molecule has 4 rings (SSSR count). The average molecular weight is 629 g/mol. The molecule has 246 valence electrons. The monoisotopic (exact) mass is 628 g/mol. The number of hydrogen-bond acceptors (Lipinski definition) is 6. The molecule has 0 unspecified atom stereocenters. The summed E-state index contributed by atoms with van der Waals surface area (Å²) in [6.07, 6.45) is 1.40. The fraction of sp³-hybridized carbons (Fsp3) is 0.487. The maximum Gasteiger partial charge on any atom is 0.340 e. The smallest absolute Gasteiger partial charge is 0.340 e. The Hall–Kier alpha value is -3.89. The summed E-state index contributed by atoms with van der Waals surface area (Å²) in [6.45, 7) is 20.0. The number of piperidine rings is 1. The maximum atomic E-state index is 13.8. The molecule has 3 aromatic rings. The summed E-state index contributed by atoms with van der Waals surface area (Å²) in [7, 11) is 0. The topological polar surface area (TPSA) is 60.9 Å². The summed E-state index contributed by atoms with van der Waals surface area (Å²) in [5.74, 6) is 6.36. The molecule has 0 bridgehead atoms. The number of halogens is 1. The molecule has 1 saturated heterocycles. The molecule has 1 aliphatic rings. The second kappa shape index (κ2) is 14.7. The number of ether oxygens (including phenoxy) is 3. The van der Waals surface area contributed by atoms with Gasteiger partial charge in [-0.3, -0.25) is 0 Å². The van der Waals surface area contributed by atoms with Crippen molar-refractivity contribution in [2.24, 2.45) is 5.41 Å². The third kappa shape index (κ3) is 9.10. The van der Waals surface area contributed by atoms with E-state index in [2.05, 4.69) is 30.6 Å². The van der Waals surface area contributed by atoms with Gasteiger partial charge in [-0.05, 0) is 108 Å². The zero-order valence-corrected chi connectivity index (χ0v) is 28.9. The summed E-state index contributed by atoms with van der Waals surface area (Å²) in [6, 6.07) is 14.4. The number of hydrogen-bond donors (Lipinski definition) is 0. The highest BCUT2D eigenvalue weighted by atomic mass is 19.1. The minimum Gasteiger partial charge on any atom is -0.493 e. The lowest BCUT2D eigenvalue weighted by Gasteiger charge is -2.41. The molecule has 6 nitrogen and oxygen atoms in total. The predicted molar refractivity (Wildman–Crippen MR) is 183 cm³/mol. The molecule has 1 aromatic heterocycles. The van der Waals surface area contributed by atoms with E-state index in [0.717, 1.165) is 59.6 Å². The first-order chi connectivity index (χ1) is 21.7. The Balaban J connectivity index is 1.83. The van der Waals surface area contributed by atoms with Crippen LogP contribution >= 0.6 is 0 Å². The van der Waals surface area contributed by atoms with E-state index in [9.17, 15) is 9.18 Å². The minimum absolute atomic E-state index is 0.218. The van der Waals surface area contributed by atoms with Crippen molar-refractivity contribution < 1.29 is 23.4 Å². The fourth-order valence-electron chi connectivity index (χ4n) is 5.69. The third-order valence-electron chi connectivity index (χ3n) is 8.09. The lowest BCUT2D eigenvalue weighted by atomic mass is 9.81. The van der Waals surface area contributed by atoms with Gasteiger partial charge in [-0.1, -0.05) is 44.0 Å². The SMILES string of the molecule is CC#Cc1nc(C)c([C@H](OC(C)(C)C)C(=O)OC(C)C)c(N2CCC(C)(C)CC2)c1-c1ccc(OCCc2ccc(F)cc2)cc1. The first-order valence-electron chi connectivity index (χ1n) is 16.3. The molecule has 1 fully saturated rings. The Morgan fingerprint density at radius 3 is 2.24 bits per heavy atom. The maximum absolute atomic E-state index is 13.8. The van der Waals surface area contributed by atoms with Crippen LogP contribution in [-0.4, -0.2) is 42.4 Å². The van der Waals surface area contributed by atoms with Gasteiger partial charge in [0.2, 0.25) is 0 Å². The van der Waals surface area contributed by atoms with Gasteiger partial charge in [0.05, 0.1) is 24.0 Å². The second-order valence-corrected chi connectivity index (χ2v) is 14.1. The molecule has 0 spiro atoms. The molecule has 2 aromatic carbocycles. The number of benzene rings is 2. The normalized spacial score (nSPS) is 15.2. The van der Waals surface area contributed by atoms with Crippen LogP contribution in [0.1, 0.15) is 96.9 Å². The highest BCUT2D eigenvalue weighted by Gasteiger charge is 2.38. The number of pyridine rings is 1. The molecule has 0 N–H and O–H groups in total. The molecular formula is C39H49FN2O4. The summed E-state index contributed by atoms with van der Waals surface area (Å²) in [5, 5.41) is 0. The average Bonchev–Trinajstić information content (AvgIpc) is 2.97. The third-order valence-corrected chi connectivity index (χ3v) is 8.09. The van der Waals surface area contributed by atoms with Crippen LogP contribution in [0.3, 0.4) is 0 Å². The van der Waals surface area contributed by atoms with Crippen molar-refractivity contribution in [3.63, 3.8) is 0 Å². The number of aryl methyl sites for hydroxylation is 1. The van der Waals surface area contributed by atoms with E-state index >= 15 is 0 Å². The number of nitrogens with zero attached hydrogens (tertiary/aromatic N) is 2. The lowest BCUT2D eigenvalue weighted by molar-refractivity contribution is -0.171. The lowest BCUT2D eigenvalue weighted by Crippen LogP contribution is -2.39. The van der Waals surface area contributed by atoms with Gasteiger partial charge in [-0.2, -0.15) is 0 Å². The first kappa shape index (κ1) is 35.0. The van der Waals surface area contributed by atoms with Crippen LogP contribution < -0.4 is 9.64 Å². The molecule has 0 aliphatic carbocycles. The van der Waals surface area contributed by atoms with E-state index < -0.39 is 17.7 Å².